The van der Waals surface area contributed by atoms with Gasteiger partial charge in [0.15, 0.2) is 0 Å². The van der Waals surface area contributed by atoms with Crippen molar-refractivity contribution < 1.29 is 13.6 Å². The predicted molar refractivity (Wildman–Crippen MR) is 91.6 cm³/mol. The molecule has 3 atom stereocenters. The number of hydrogen-bond acceptors (Lipinski definition) is 6. The van der Waals surface area contributed by atoms with E-state index in [4.69, 9.17) is 8.83 Å². The fourth-order valence-electron chi connectivity index (χ4n) is 3.15. The summed E-state index contributed by atoms with van der Waals surface area (Å²) < 4.78 is 10.8. The van der Waals surface area contributed by atoms with Crippen molar-refractivity contribution >= 4 is 17.7 Å². The number of aromatic nitrogens is 2. The van der Waals surface area contributed by atoms with Crippen LogP contribution in [0.4, 0.5) is 0 Å². The van der Waals surface area contributed by atoms with Crippen molar-refractivity contribution in [1.82, 2.24) is 15.5 Å². The van der Waals surface area contributed by atoms with Crippen LogP contribution in [0.2, 0.25) is 0 Å². The molecule has 0 spiro atoms. The van der Waals surface area contributed by atoms with Crippen LogP contribution in [0, 0.1) is 18.8 Å². The smallest absolute Gasteiger partial charge is 0.277 e. The number of nitrogens with one attached hydrogen (secondary N) is 1. The van der Waals surface area contributed by atoms with E-state index in [1.807, 2.05) is 6.92 Å². The van der Waals surface area contributed by atoms with Gasteiger partial charge in [-0.1, -0.05) is 38.5 Å². The normalized spacial score (nSPS) is 24.0. The standard InChI is InChI=1S/C17H23N3O3S/c1-10-5-4-6-14(11(10)2)18-15(21)9-24-17-20-19-16(23-17)13-7-8-22-12(13)3/h7-8,10-11,14H,4-6,9H2,1-3H3,(H,18,21)/t10-,11-,14+/m0/s1. The minimum atomic E-state index is 0.0187. The van der Waals surface area contributed by atoms with Crippen LogP contribution in [-0.4, -0.2) is 27.9 Å². The maximum atomic E-state index is 12.2. The first kappa shape index (κ1) is 17.1. The first-order chi connectivity index (χ1) is 11.5. The molecule has 1 saturated carbocycles. The second-order valence-electron chi connectivity index (χ2n) is 6.49. The van der Waals surface area contributed by atoms with Crippen LogP contribution in [0.3, 0.4) is 0 Å². The highest BCUT2D eigenvalue weighted by Crippen LogP contribution is 2.30. The maximum absolute atomic E-state index is 12.2. The summed E-state index contributed by atoms with van der Waals surface area (Å²) in [4.78, 5) is 12.2. The van der Waals surface area contributed by atoms with Gasteiger partial charge < -0.3 is 14.2 Å². The van der Waals surface area contributed by atoms with Crippen LogP contribution in [0.5, 0.6) is 0 Å². The molecule has 1 amide bonds. The Balaban J connectivity index is 1.52. The van der Waals surface area contributed by atoms with Crippen molar-refractivity contribution in [3.63, 3.8) is 0 Å². The van der Waals surface area contributed by atoms with Gasteiger partial charge in [0.05, 0.1) is 17.6 Å². The fourth-order valence-corrected chi connectivity index (χ4v) is 3.72. The Morgan fingerprint density at radius 3 is 2.96 bits per heavy atom. The lowest BCUT2D eigenvalue weighted by Gasteiger charge is -2.34. The van der Waals surface area contributed by atoms with Gasteiger partial charge in [0.25, 0.3) is 11.1 Å². The number of furan rings is 1. The molecule has 1 aliphatic carbocycles. The summed E-state index contributed by atoms with van der Waals surface area (Å²) in [6, 6.07) is 2.06. The highest BCUT2D eigenvalue weighted by atomic mass is 32.2. The van der Waals surface area contributed by atoms with Crippen LogP contribution in [0.1, 0.15) is 38.9 Å². The van der Waals surface area contributed by atoms with E-state index in [0.29, 0.717) is 22.9 Å². The van der Waals surface area contributed by atoms with Gasteiger partial charge in [0.1, 0.15) is 5.76 Å². The summed E-state index contributed by atoms with van der Waals surface area (Å²) in [5.74, 6) is 2.63. The van der Waals surface area contributed by atoms with Gasteiger partial charge in [-0.05, 0) is 31.2 Å². The Hall–Kier alpha value is -1.76. The largest absolute Gasteiger partial charge is 0.469 e. The Morgan fingerprint density at radius 2 is 2.21 bits per heavy atom. The predicted octanol–water partition coefficient (Wildman–Crippen LogP) is 3.67. The zero-order chi connectivity index (χ0) is 17.1. The third kappa shape index (κ3) is 3.83. The maximum Gasteiger partial charge on any atom is 0.277 e. The number of hydrogen-bond donors (Lipinski definition) is 1. The molecule has 7 heteroatoms. The first-order valence-corrected chi connectivity index (χ1v) is 9.33. The van der Waals surface area contributed by atoms with Crippen molar-refractivity contribution in [1.29, 1.82) is 0 Å². The van der Waals surface area contributed by atoms with E-state index in [9.17, 15) is 4.79 Å². The first-order valence-electron chi connectivity index (χ1n) is 8.34. The molecule has 3 rings (SSSR count). The zero-order valence-electron chi connectivity index (χ0n) is 14.2. The molecule has 1 N–H and O–H groups in total. The van der Waals surface area contributed by atoms with E-state index >= 15 is 0 Å². The van der Waals surface area contributed by atoms with E-state index in [-0.39, 0.29) is 17.7 Å². The third-order valence-corrected chi connectivity index (χ3v) is 5.69. The highest BCUT2D eigenvalue weighted by molar-refractivity contribution is 7.99. The molecule has 1 fully saturated rings. The Labute approximate surface area is 145 Å². The molecule has 1 aliphatic rings. The van der Waals surface area contributed by atoms with Crippen LogP contribution in [0.15, 0.2) is 26.4 Å². The summed E-state index contributed by atoms with van der Waals surface area (Å²) in [5, 5.41) is 11.5. The quantitative estimate of drug-likeness (QED) is 0.830. The van der Waals surface area contributed by atoms with Crippen molar-refractivity contribution in [2.45, 2.75) is 51.3 Å². The minimum Gasteiger partial charge on any atom is -0.469 e. The lowest BCUT2D eigenvalue weighted by molar-refractivity contribution is -0.120. The van der Waals surface area contributed by atoms with Gasteiger partial charge in [-0.3, -0.25) is 4.79 Å². The highest BCUT2D eigenvalue weighted by Gasteiger charge is 2.28. The van der Waals surface area contributed by atoms with E-state index in [1.165, 1.54) is 24.6 Å². The van der Waals surface area contributed by atoms with Crippen LogP contribution < -0.4 is 5.32 Å². The average Bonchev–Trinajstić information content (AvgIpc) is 3.18. The monoisotopic (exact) mass is 349 g/mol. The number of carbonyl (C=O) groups is 1. The fraction of sp³-hybridized carbons (Fsp3) is 0.588. The summed E-state index contributed by atoms with van der Waals surface area (Å²) in [7, 11) is 0. The molecule has 0 aromatic carbocycles. The van der Waals surface area contributed by atoms with Crippen LogP contribution in [0.25, 0.3) is 11.5 Å². The number of thioether (sulfide) groups is 1. The summed E-state index contributed by atoms with van der Waals surface area (Å²) in [5.41, 5.74) is 0.781. The van der Waals surface area contributed by atoms with Crippen molar-refractivity contribution in [3.8, 4) is 11.5 Å². The van der Waals surface area contributed by atoms with Crippen LogP contribution >= 0.6 is 11.8 Å². The van der Waals surface area contributed by atoms with Crippen molar-refractivity contribution in [2.75, 3.05) is 5.75 Å². The number of nitrogens with zero attached hydrogens (tertiary/aromatic N) is 2. The SMILES string of the molecule is Cc1occc1-c1nnc(SCC(=O)N[C@@H]2CCC[C@H](C)[C@@H]2C)o1. The average molecular weight is 349 g/mol. The molecule has 0 bridgehead atoms. The lowest BCUT2D eigenvalue weighted by Crippen LogP contribution is -2.44. The lowest BCUT2D eigenvalue weighted by atomic mass is 9.78. The molecular weight excluding hydrogens is 326 g/mol. The van der Waals surface area contributed by atoms with Gasteiger partial charge in [0, 0.05) is 6.04 Å². The molecule has 2 aromatic heterocycles. The molecule has 0 unspecified atom stereocenters. The molecule has 24 heavy (non-hydrogen) atoms. The number of rotatable bonds is 5. The molecular formula is C17H23N3O3S. The Morgan fingerprint density at radius 1 is 1.38 bits per heavy atom. The summed E-state index contributed by atoms with van der Waals surface area (Å²) >= 11 is 1.26. The second kappa shape index (κ2) is 7.42. The number of carbonyl (C=O) groups excluding carboxylic acids is 1. The minimum absolute atomic E-state index is 0.0187. The molecule has 0 aliphatic heterocycles. The van der Waals surface area contributed by atoms with E-state index < -0.39 is 0 Å². The number of amides is 1. The zero-order valence-corrected chi connectivity index (χ0v) is 15.1. The topological polar surface area (TPSA) is 81.2 Å². The molecule has 2 aromatic rings. The molecule has 0 radical (unpaired) electrons. The van der Waals surface area contributed by atoms with Gasteiger partial charge in [-0.15, -0.1) is 10.2 Å². The second-order valence-corrected chi connectivity index (χ2v) is 7.42. The van der Waals surface area contributed by atoms with Gasteiger partial charge in [-0.2, -0.15) is 0 Å². The van der Waals surface area contributed by atoms with Crippen molar-refractivity contribution in [3.05, 3.63) is 18.1 Å². The van der Waals surface area contributed by atoms with Crippen LogP contribution in [-0.2, 0) is 4.79 Å². The summed E-state index contributed by atoms with van der Waals surface area (Å²) in [6.07, 6.45) is 5.08. The van der Waals surface area contributed by atoms with Gasteiger partial charge in [0.2, 0.25) is 5.91 Å². The Kier molecular flexibility index (Phi) is 5.28. The van der Waals surface area contributed by atoms with E-state index in [2.05, 4.69) is 29.4 Å². The molecule has 2 heterocycles. The number of aryl methyl sites for hydroxylation is 1. The van der Waals surface area contributed by atoms with E-state index in [0.717, 1.165) is 17.7 Å². The molecule has 130 valence electrons. The van der Waals surface area contributed by atoms with E-state index in [1.54, 1.807) is 12.3 Å². The molecule has 6 nitrogen and oxygen atoms in total. The third-order valence-electron chi connectivity index (χ3n) is 4.88. The van der Waals surface area contributed by atoms with Gasteiger partial charge in [-0.25, -0.2) is 0 Å². The summed E-state index contributed by atoms with van der Waals surface area (Å²) in [6.45, 7) is 6.32. The molecule has 0 saturated heterocycles. The van der Waals surface area contributed by atoms with Crippen molar-refractivity contribution in [2.24, 2.45) is 11.8 Å². The van der Waals surface area contributed by atoms with Gasteiger partial charge >= 0.3 is 0 Å². The Bertz CT molecular complexity index is 697.